The molecule has 0 radical (unpaired) electrons. The second-order valence-corrected chi connectivity index (χ2v) is 5.72. The van der Waals surface area contributed by atoms with E-state index in [9.17, 15) is 0 Å². The minimum absolute atomic E-state index is 0.991. The Morgan fingerprint density at radius 2 is 1.61 bits per heavy atom. The third kappa shape index (κ3) is 2.75. The normalized spacial score (nSPS) is 17.1. The second-order valence-electron chi connectivity index (χ2n) is 5.72. The molecule has 1 saturated carbocycles. The molecule has 0 bridgehead atoms. The molecular formula is C18H22. The van der Waals surface area contributed by atoms with E-state index < -0.39 is 0 Å². The van der Waals surface area contributed by atoms with Crippen LogP contribution in [0.25, 0.3) is 10.8 Å². The predicted octanol–water partition coefficient (Wildman–Crippen LogP) is 5.35. The van der Waals surface area contributed by atoms with Crippen LogP contribution in [0.4, 0.5) is 0 Å². The van der Waals surface area contributed by atoms with Gasteiger partial charge in [0, 0.05) is 0 Å². The predicted molar refractivity (Wildman–Crippen MR) is 78.8 cm³/mol. The van der Waals surface area contributed by atoms with Crippen LogP contribution in [0.5, 0.6) is 0 Å². The summed E-state index contributed by atoms with van der Waals surface area (Å²) in [6.45, 7) is 0. The highest BCUT2D eigenvalue weighted by Crippen LogP contribution is 2.28. The number of rotatable bonds is 3. The van der Waals surface area contributed by atoms with Crippen molar-refractivity contribution in [3.8, 4) is 0 Å². The summed E-state index contributed by atoms with van der Waals surface area (Å²) in [7, 11) is 0. The van der Waals surface area contributed by atoms with Crippen LogP contribution < -0.4 is 0 Å². The van der Waals surface area contributed by atoms with Crippen LogP contribution in [0.1, 0.15) is 44.1 Å². The molecule has 0 heterocycles. The summed E-state index contributed by atoms with van der Waals surface area (Å²) in [6, 6.07) is 15.6. The molecule has 0 unspecified atom stereocenters. The molecule has 0 aliphatic heterocycles. The largest absolute Gasteiger partial charge is 0.0616 e. The van der Waals surface area contributed by atoms with Crippen LogP contribution >= 0.6 is 0 Å². The fraction of sp³-hybridized carbons (Fsp3) is 0.444. The summed E-state index contributed by atoms with van der Waals surface area (Å²) < 4.78 is 0. The van der Waals surface area contributed by atoms with Gasteiger partial charge in [0.25, 0.3) is 0 Å². The third-order valence-corrected chi connectivity index (χ3v) is 4.38. The lowest BCUT2D eigenvalue weighted by Gasteiger charge is -2.21. The fourth-order valence-electron chi connectivity index (χ4n) is 3.24. The molecule has 0 spiro atoms. The highest BCUT2D eigenvalue weighted by Gasteiger charge is 2.12. The van der Waals surface area contributed by atoms with Crippen molar-refractivity contribution < 1.29 is 0 Å². The van der Waals surface area contributed by atoms with Crippen LogP contribution in [-0.2, 0) is 6.42 Å². The molecule has 1 aliphatic rings. The molecule has 94 valence electrons. The first-order valence-electron chi connectivity index (χ1n) is 7.39. The Morgan fingerprint density at radius 3 is 2.44 bits per heavy atom. The summed E-state index contributed by atoms with van der Waals surface area (Å²) in [4.78, 5) is 0. The van der Waals surface area contributed by atoms with E-state index >= 15 is 0 Å². The van der Waals surface area contributed by atoms with E-state index in [1.807, 2.05) is 0 Å². The minimum Gasteiger partial charge on any atom is -0.0616 e. The van der Waals surface area contributed by atoms with Gasteiger partial charge in [0.15, 0.2) is 0 Å². The van der Waals surface area contributed by atoms with E-state index in [0.29, 0.717) is 0 Å². The molecule has 18 heavy (non-hydrogen) atoms. The van der Waals surface area contributed by atoms with Gasteiger partial charge in [0.05, 0.1) is 0 Å². The van der Waals surface area contributed by atoms with Gasteiger partial charge in [0.1, 0.15) is 0 Å². The number of hydrogen-bond donors (Lipinski definition) is 0. The van der Waals surface area contributed by atoms with Crippen LogP contribution in [0.3, 0.4) is 0 Å². The SMILES string of the molecule is c1ccc2cc(CCC3CCCCC3)ccc2c1. The van der Waals surface area contributed by atoms with E-state index in [-0.39, 0.29) is 0 Å². The second kappa shape index (κ2) is 5.56. The maximum Gasteiger partial charge on any atom is -0.0181 e. The first-order valence-corrected chi connectivity index (χ1v) is 7.39. The zero-order valence-electron chi connectivity index (χ0n) is 11.1. The number of benzene rings is 2. The molecule has 3 rings (SSSR count). The Balaban J connectivity index is 1.66. The van der Waals surface area contributed by atoms with E-state index in [4.69, 9.17) is 0 Å². The van der Waals surface area contributed by atoms with Crippen molar-refractivity contribution in [1.82, 2.24) is 0 Å². The van der Waals surface area contributed by atoms with Crippen LogP contribution in [-0.4, -0.2) is 0 Å². The average molecular weight is 238 g/mol. The molecule has 1 fully saturated rings. The van der Waals surface area contributed by atoms with Gasteiger partial charge in [-0.3, -0.25) is 0 Å². The Hall–Kier alpha value is -1.30. The number of aryl methyl sites for hydroxylation is 1. The Bertz CT molecular complexity index is 506. The first kappa shape index (κ1) is 11.8. The van der Waals surface area contributed by atoms with Gasteiger partial charge in [-0.25, -0.2) is 0 Å². The van der Waals surface area contributed by atoms with Gasteiger partial charge in [-0.05, 0) is 35.1 Å². The lowest BCUT2D eigenvalue weighted by molar-refractivity contribution is 0.339. The topological polar surface area (TPSA) is 0 Å². The van der Waals surface area contributed by atoms with Gasteiger partial charge in [-0.15, -0.1) is 0 Å². The van der Waals surface area contributed by atoms with Crippen molar-refractivity contribution in [3.05, 3.63) is 48.0 Å². The number of hydrogen-bond acceptors (Lipinski definition) is 0. The highest BCUT2D eigenvalue weighted by molar-refractivity contribution is 5.82. The summed E-state index contributed by atoms with van der Waals surface area (Å²) >= 11 is 0. The molecule has 1 aliphatic carbocycles. The lowest BCUT2D eigenvalue weighted by atomic mass is 9.85. The van der Waals surface area contributed by atoms with Crippen molar-refractivity contribution in [2.75, 3.05) is 0 Å². The van der Waals surface area contributed by atoms with Crippen molar-refractivity contribution in [2.45, 2.75) is 44.9 Å². The molecule has 0 atom stereocenters. The fourth-order valence-corrected chi connectivity index (χ4v) is 3.24. The van der Waals surface area contributed by atoms with Gasteiger partial charge >= 0.3 is 0 Å². The maximum absolute atomic E-state index is 2.37. The quantitative estimate of drug-likeness (QED) is 0.676. The van der Waals surface area contributed by atoms with E-state index in [2.05, 4.69) is 42.5 Å². The van der Waals surface area contributed by atoms with Crippen LogP contribution in [0.15, 0.2) is 42.5 Å². The molecule has 0 heteroatoms. The van der Waals surface area contributed by atoms with Gasteiger partial charge < -0.3 is 0 Å². The van der Waals surface area contributed by atoms with Gasteiger partial charge in [-0.2, -0.15) is 0 Å². The highest BCUT2D eigenvalue weighted by atomic mass is 14.2. The van der Waals surface area contributed by atoms with Crippen molar-refractivity contribution in [1.29, 1.82) is 0 Å². The summed E-state index contributed by atoms with van der Waals surface area (Å²) in [5, 5.41) is 2.75. The monoisotopic (exact) mass is 238 g/mol. The molecular weight excluding hydrogens is 216 g/mol. The molecule has 0 amide bonds. The smallest absolute Gasteiger partial charge is 0.0181 e. The average Bonchev–Trinajstić information content (AvgIpc) is 2.46. The maximum atomic E-state index is 2.37. The van der Waals surface area contributed by atoms with Crippen molar-refractivity contribution in [3.63, 3.8) is 0 Å². The Morgan fingerprint density at radius 1 is 0.833 bits per heavy atom. The van der Waals surface area contributed by atoms with Crippen molar-refractivity contribution in [2.24, 2.45) is 5.92 Å². The van der Waals surface area contributed by atoms with E-state index in [0.717, 1.165) is 5.92 Å². The zero-order valence-corrected chi connectivity index (χ0v) is 11.1. The van der Waals surface area contributed by atoms with Crippen LogP contribution in [0.2, 0.25) is 0 Å². The van der Waals surface area contributed by atoms with Crippen molar-refractivity contribution >= 4 is 10.8 Å². The van der Waals surface area contributed by atoms with E-state index in [1.165, 1.54) is 61.3 Å². The standard InChI is InChI=1S/C18H22/c1-2-6-15(7-3-1)10-11-16-12-13-17-8-4-5-9-18(17)14-16/h4-5,8-9,12-15H,1-3,6-7,10-11H2. The third-order valence-electron chi connectivity index (χ3n) is 4.38. The van der Waals surface area contributed by atoms with Gasteiger partial charge in [-0.1, -0.05) is 74.6 Å². The zero-order chi connectivity index (χ0) is 12.2. The number of fused-ring (bicyclic) bond motifs is 1. The molecule has 0 saturated heterocycles. The molecule has 0 nitrogen and oxygen atoms in total. The Kier molecular flexibility index (Phi) is 3.64. The molecule has 0 N–H and O–H groups in total. The summed E-state index contributed by atoms with van der Waals surface area (Å²) in [6.07, 6.45) is 9.96. The minimum atomic E-state index is 0.991. The molecule has 0 aromatic heterocycles. The van der Waals surface area contributed by atoms with Crippen LogP contribution in [0, 0.1) is 5.92 Å². The van der Waals surface area contributed by atoms with E-state index in [1.54, 1.807) is 0 Å². The molecule has 2 aromatic carbocycles. The molecule has 2 aromatic rings. The van der Waals surface area contributed by atoms with Gasteiger partial charge in [0.2, 0.25) is 0 Å². The Labute approximate surface area is 110 Å². The lowest BCUT2D eigenvalue weighted by Crippen LogP contribution is -2.07. The first-order chi connectivity index (χ1) is 8.92. The summed E-state index contributed by atoms with van der Waals surface area (Å²) in [5.41, 5.74) is 1.51. The summed E-state index contributed by atoms with van der Waals surface area (Å²) in [5.74, 6) is 0.991.